The summed E-state index contributed by atoms with van der Waals surface area (Å²) in [6.07, 6.45) is 11.2. The number of nitrogens with zero attached hydrogens (tertiary/aromatic N) is 1. The van der Waals surface area contributed by atoms with E-state index in [-0.39, 0.29) is 5.91 Å². The zero-order valence-electron chi connectivity index (χ0n) is 15.9. The molecule has 4 fully saturated rings. The molecule has 1 atom stereocenters. The van der Waals surface area contributed by atoms with E-state index in [0.29, 0.717) is 22.8 Å². The van der Waals surface area contributed by atoms with Gasteiger partial charge in [-0.3, -0.25) is 4.79 Å². The predicted octanol–water partition coefficient (Wildman–Crippen LogP) is 4.66. The Kier molecular flexibility index (Phi) is 4.41. The Balaban J connectivity index is 1.57. The topological polar surface area (TPSA) is 55.1 Å². The molecule has 4 heteroatoms. The van der Waals surface area contributed by atoms with Crippen molar-refractivity contribution in [2.24, 2.45) is 23.2 Å². The first kappa shape index (κ1) is 17.1. The number of amides is 1. The van der Waals surface area contributed by atoms with Crippen molar-refractivity contribution >= 4 is 5.91 Å². The summed E-state index contributed by atoms with van der Waals surface area (Å²) in [5, 5.41) is 7.52. The van der Waals surface area contributed by atoms with Crippen molar-refractivity contribution < 1.29 is 9.32 Å². The quantitative estimate of drug-likeness (QED) is 0.816. The molecule has 1 aromatic rings. The maximum atomic E-state index is 13.1. The van der Waals surface area contributed by atoms with Gasteiger partial charge in [0, 0.05) is 6.04 Å². The molecule has 0 saturated heterocycles. The van der Waals surface area contributed by atoms with Crippen molar-refractivity contribution in [2.75, 3.05) is 0 Å². The van der Waals surface area contributed by atoms with E-state index in [4.69, 9.17) is 4.52 Å². The van der Waals surface area contributed by atoms with Crippen molar-refractivity contribution in [3.63, 3.8) is 0 Å². The van der Waals surface area contributed by atoms with Crippen LogP contribution < -0.4 is 5.32 Å². The van der Waals surface area contributed by atoms with Gasteiger partial charge in [0.2, 0.25) is 0 Å². The molecule has 1 N–H and O–H groups in total. The summed E-state index contributed by atoms with van der Waals surface area (Å²) in [4.78, 5) is 13.1. The van der Waals surface area contributed by atoms with E-state index >= 15 is 0 Å². The molecule has 4 bridgehead atoms. The van der Waals surface area contributed by atoms with Crippen LogP contribution in [0.1, 0.15) is 87.0 Å². The van der Waals surface area contributed by atoms with Crippen molar-refractivity contribution in [1.29, 1.82) is 0 Å². The lowest BCUT2D eigenvalue weighted by Gasteiger charge is -2.59. The fraction of sp³-hybridized carbons (Fsp3) is 0.810. The van der Waals surface area contributed by atoms with Crippen LogP contribution in [0.2, 0.25) is 0 Å². The van der Waals surface area contributed by atoms with Crippen molar-refractivity contribution in [3.8, 4) is 0 Å². The highest BCUT2D eigenvalue weighted by molar-refractivity contribution is 5.96. The van der Waals surface area contributed by atoms with Crippen LogP contribution in [0.4, 0.5) is 0 Å². The molecule has 138 valence electrons. The molecule has 1 amide bonds. The lowest BCUT2D eigenvalue weighted by Crippen LogP contribution is -2.57. The van der Waals surface area contributed by atoms with Gasteiger partial charge in [-0.25, -0.2) is 0 Å². The maximum absolute atomic E-state index is 13.1. The highest BCUT2D eigenvalue weighted by Gasteiger charge is 2.54. The predicted molar refractivity (Wildman–Crippen MR) is 97.4 cm³/mol. The third-order valence-electron chi connectivity index (χ3n) is 7.20. The van der Waals surface area contributed by atoms with Gasteiger partial charge in [0.25, 0.3) is 5.91 Å². The van der Waals surface area contributed by atoms with Gasteiger partial charge in [-0.2, -0.15) is 0 Å². The van der Waals surface area contributed by atoms with Crippen LogP contribution in [0.3, 0.4) is 0 Å². The van der Waals surface area contributed by atoms with Crippen LogP contribution in [-0.2, 0) is 6.42 Å². The number of carbonyl (C=O) groups is 1. The third kappa shape index (κ3) is 2.92. The first-order valence-corrected chi connectivity index (χ1v) is 10.3. The zero-order valence-corrected chi connectivity index (χ0v) is 15.9. The van der Waals surface area contributed by atoms with E-state index < -0.39 is 0 Å². The summed E-state index contributed by atoms with van der Waals surface area (Å²) in [7, 11) is 0. The van der Waals surface area contributed by atoms with E-state index in [1.54, 1.807) is 0 Å². The number of aryl methyl sites for hydroxylation is 2. The molecule has 4 aliphatic rings. The number of hydrogen-bond donors (Lipinski definition) is 1. The standard InChI is InChI=1S/C21H32N2O2/c1-4-6-18(22-20(24)19-13(3)25-23-17(19)5-2)21-10-14-7-15(11-21)9-16(8-14)12-21/h14-16,18H,4-12H2,1-3H3,(H,22,24). The maximum Gasteiger partial charge on any atom is 0.257 e. The molecule has 0 aromatic carbocycles. The number of carbonyl (C=O) groups excluding carboxylic acids is 1. The molecule has 0 radical (unpaired) electrons. The molecular formula is C21H32N2O2. The van der Waals surface area contributed by atoms with Gasteiger partial charge in [-0.05, 0) is 81.5 Å². The minimum atomic E-state index is 0.0322. The van der Waals surface area contributed by atoms with Crippen LogP contribution in [0.15, 0.2) is 4.52 Å². The average molecular weight is 344 g/mol. The normalized spacial score (nSPS) is 34.3. The summed E-state index contributed by atoms with van der Waals surface area (Å²) in [5.74, 6) is 3.41. The summed E-state index contributed by atoms with van der Waals surface area (Å²) < 4.78 is 5.29. The minimum absolute atomic E-state index is 0.0322. The highest BCUT2D eigenvalue weighted by atomic mass is 16.5. The molecule has 0 aliphatic heterocycles. The Hall–Kier alpha value is -1.32. The van der Waals surface area contributed by atoms with Gasteiger partial charge in [-0.15, -0.1) is 0 Å². The number of nitrogens with one attached hydrogen (secondary N) is 1. The molecular weight excluding hydrogens is 312 g/mol. The Labute approximate surface area is 151 Å². The van der Waals surface area contributed by atoms with Crippen LogP contribution in [0.5, 0.6) is 0 Å². The van der Waals surface area contributed by atoms with Gasteiger partial charge in [-0.1, -0.05) is 25.4 Å². The fourth-order valence-electron chi connectivity index (χ4n) is 6.61. The Morgan fingerprint density at radius 3 is 2.32 bits per heavy atom. The van der Waals surface area contributed by atoms with Gasteiger partial charge in [0.1, 0.15) is 11.3 Å². The number of aromatic nitrogens is 1. The van der Waals surface area contributed by atoms with E-state index in [1.165, 1.54) is 38.5 Å². The highest BCUT2D eigenvalue weighted by Crippen LogP contribution is 2.61. The smallest absolute Gasteiger partial charge is 0.257 e. The molecule has 4 saturated carbocycles. The molecule has 4 aliphatic carbocycles. The Morgan fingerprint density at radius 2 is 1.80 bits per heavy atom. The second kappa shape index (κ2) is 6.44. The molecule has 1 heterocycles. The molecule has 4 nitrogen and oxygen atoms in total. The zero-order chi connectivity index (χ0) is 17.6. The summed E-state index contributed by atoms with van der Waals surface area (Å²) in [6, 6.07) is 0.303. The van der Waals surface area contributed by atoms with E-state index in [1.807, 2.05) is 13.8 Å². The largest absolute Gasteiger partial charge is 0.361 e. The molecule has 1 unspecified atom stereocenters. The SMILES string of the molecule is CCCC(NC(=O)c1c(CC)noc1C)C12CC3CC(CC(C3)C1)C2. The summed E-state index contributed by atoms with van der Waals surface area (Å²) >= 11 is 0. The molecule has 1 aromatic heterocycles. The second-order valence-electron chi connectivity index (χ2n) is 9.01. The van der Waals surface area contributed by atoms with Crippen LogP contribution in [-0.4, -0.2) is 17.1 Å². The lowest BCUT2D eigenvalue weighted by atomic mass is 9.47. The first-order chi connectivity index (χ1) is 12.0. The second-order valence-corrected chi connectivity index (χ2v) is 9.01. The summed E-state index contributed by atoms with van der Waals surface area (Å²) in [5.41, 5.74) is 1.81. The summed E-state index contributed by atoms with van der Waals surface area (Å²) in [6.45, 7) is 6.11. The molecule has 25 heavy (non-hydrogen) atoms. The van der Waals surface area contributed by atoms with E-state index in [2.05, 4.69) is 17.4 Å². The fourth-order valence-corrected chi connectivity index (χ4v) is 6.61. The minimum Gasteiger partial charge on any atom is -0.361 e. The van der Waals surface area contributed by atoms with Crippen molar-refractivity contribution in [3.05, 3.63) is 17.0 Å². The monoisotopic (exact) mass is 344 g/mol. The van der Waals surface area contributed by atoms with Crippen molar-refractivity contribution in [2.45, 2.75) is 84.6 Å². The molecule has 0 spiro atoms. The van der Waals surface area contributed by atoms with Crippen LogP contribution >= 0.6 is 0 Å². The van der Waals surface area contributed by atoms with Crippen molar-refractivity contribution in [1.82, 2.24) is 10.5 Å². The van der Waals surface area contributed by atoms with Gasteiger partial charge >= 0.3 is 0 Å². The number of rotatable bonds is 6. The molecule has 5 rings (SSSR count). The van der Waals surface area contributed by atoms with Gasteiger partial charge in [0.05, 0.1) is 5.69 Å². The number of hydrogen-bond acceptors (Lipinski definition) is 3. The Morgan fingerprint density at radius 1 is 1.20 bits per heavy atom. The van der Waals surface area contributed by atoms with Gasteiger partial charge in [0.15, 0.2) is 0 Å². The Bertz CT molecular complexity index is 613. The average Bonchev–Trinajstić information content (AvgIpc) is 2.94. The van der Waals surface area contributed by atoms with Crippen LogP contribution in [0.25, 0.3) is 0 Å². The van der Waals surface area contributed by atoms with Gasteiger partial charge < -0.3 is 9.84 Å². The van der Waals surface area contributed by atoms with E-state index in [9.17, 15) is 4.79 Å². The third-order valence-corrected chi connectivity index (χ3v) is 7.20. The van der Waals surface area contributed by atoms with E-state index in [0.717, 1.165) is 42.7 Å². The first-order valence-electron chi connectivity index (χ1n) is 10.3. The van der Waals surface area contributed by atoms with Crippen LogP contribution in [0, 0.1) is 30.1 Å². The lowest BCUT2D eigenvalue weighted by molar-refractivity contribution is -0.0736.